The van der Waals surface area contributed by atoms with E-state index in [4.69, 9.17) is 16.3 Å². The zero-order chi connectivity index (χ0) is 13.9. The molecule has 0 amide bonds. The molecule has 4 heteroatoms. The topological polar surface area (TPSA) is 32.7 Å². The van der Waals surface area contributed by atoms with Gasteiger partial charge < -0.3 is 14.7 Å². The molecule has 2 aliphatic rings. The minimum Gasteiger partial charge on any atom is -0.489 e. The number of aliphatic hydroxyl groups is 1. The fourth-order valence-corrected chi connectivity index (χ4v) is 2.90. The smallest absolute Gasteiger partial charge is 0.138 e. The van der Waals surface area contributed by atoms with Crippen molar-refractivity contribution >= 4 is 11.6 Å². The monoisotopic (exact) mass is 295 g/mol. The molecular weight excluding hydrogens is 274 g/mol. The Morgan fingerprint density at radius 2 is 2.05 bits per heavy atom. The predicted octanol–water partition coefficient (Wildman–Crippen LogP) is 3.40. The number of nitrogens with zero attached hydrogens (tertiary/aromatic N) is 1. The molecule has 2 fully saturated rings. The second-order valence-corrected chi connectivity index (χ2v) is 6.27. The van der Waals surface area contributed by atoms with Gasteiger partial charge in [-0.1, -0.05) is 17.7 Å². The van der Waals surface area contributed by atoms with Crippen LogP contribution in [0.1, 0.15) is 43.8 Å². The van der Waals surface area contributed by atoms with Crippen molar-refractivity contribution in [3.63, 3.8) is 0 Å². The highest BCUT2D eigenvalue weighted by molar-refractivity contribution is 6.32. The van der Waals surface area contributed by atoms with Crippen molar-refractivity contribution in [1.82, 2.24) is 4.90 Å². The van der Waals surface area contributed by atoms with Crippen molar-refractivity contribution in [3.8, 4) is 5.75 Å². The van der Waals surface area contributed by atoms with Crippen molar-refractivity contribution in [2.24, 2.45) is 0 Å². The summed E-state index contributed by atoms with van der Waals surface area (Å²) in [6.45, 7) is 3.29. The first kappa shape index (κ1) is 14.2. The third kappa shape index (κ3) is 3.66. The van der Waals surface area contributed by atoms with Crippen molar-refractivity contribution in [3.05, 3.63) is 28.8 Å². The van der Waals surface area contributed by atoms with Crippen LogP contribution >= 0.6 is 11.6 Å². The average Bonchev–Trinajstić information content (AvgIpc) is 3.11. The van der Waals surface area contributed by atoms with E-state index in [9.17, 15) is 5.11 Å². The second kappa shape index (κ2) is 6.33. The van der Waals surface area contributed by atoms with Crippen LogP contribution in [-0.4, -0.2) is 35.7 Å². The highest BCUT2D eigenvalue weighted by Gasteiger charge is 2.24. The molecule has 1 atom stereocenters. The molecule has 0 unspecified atom stereocenters. The fraction of sp³-hybridized carbons (Fsp3) is 0.625. The molecule has 1 saturated carbocycles. The first-order chi connectivity index (χ1) is 9.72. The van der Waals surface area contributed by atoms with E-state index in [0.717, 1.165) is 37.1 Å². The summed E-state index contributed by atoms with van der Waals surface area (Å²) in [6.07, 6.45) is 5.48. The first-order valence-corrected chi connectivity index (χ1v) is 7.97. The normalized spacial score (nSPS) is 21.1. The SMILES string of the molecule is O[C@@H](CCN1CCCC1)c1ccc(OC2CC2)c(Cl)c1. The second-order valence-electron chi connectivity index (χ2n) is 5.86. The summed E-state index contributed by atoms with van der Waals surface area (Å²) >= 11 is 6.23. The zero-order valence-corrected chi connectivity index (χ0v) is 12.5. The van der Waals surface area contributed by atoms with Crippen LogP contribution in [0.25, 0.3) is 0 Å². The maximum atomic E-state index is 10.3. The Bertz CT molecular complexity index is 456. The van der Waals surface area contributed by atoms with Gasteiger partial charge in [0.15, 0.2) is 0 Å². The summed E-state index contributed by atoms with van der Waals surface area (Å²) in [6, 6.07) is 5.65. The Morgan fingerprint density at radius 3 is 2.70 bits per heavy atom. The van der Waals surface area contributed by atoms with E-state index >= 15 is 0 Å². The molecule has 1 N–H and O–H groups in total. The van der Waals surface area contributed by atoms with Crippen LogP contribution in [-0.2, 0) is 0 Å². The summed E-state index contributed by atoms with van der Waals surface area (Å²) in [4.78, 5) is 2.41. The minimum atomic E-state index is -0.442. The lowest BCUT2D eigenvalue weighted by Crippen LogP contribution is -2.22. The van der Waals surface area contributed by atoms with Gasteiger partial charge in [-0.05, 0) is 62.9 Å². The van der Waals surface area contributed by atoms with Gasteiger partial charge in [0.1, 0.15) is 5.75 Å². The van der Waals surface area contributed by atoms with Crippen LogP contribution in [0.15, 0.2) is 18.2 Å². The molecule has 3 rings (SSSR count). The quantitative estimate of drug-likeness (QED) is 0.873. The van der Waals surface area contributed by atoms with E-state index in [1.54, 1.807) is 0 Å². The molecule has 3 nitrogen and oxygen atoms in total. The van der Waals surface area contributed by atoms with Crippen LogP contribution in [0, 0.1) is 0 Å². The van der Waals surface area contributed by atoms with Gasteiger partial charge >= 0.3 is 0 Å². The molecule has 1 aliphatic carbocycles. The molecule has 20 heavy (non-hydrogen) atoms. The number of aliphatic hydroxyl groups excluding tert-OH is 1. The van der Waals surface area contributed by atoms with Crippen molar-refractivity contribution in [2.45, 2.75) is 44.3 Å². The molecule has 1 aliphatic heterocycles. The van der Waals surface area contributed by atoms with Gasteiger partial charge in [0.25, 0.3) is 0 Å². The Labute approximate surface area is 125 Å². The summed E-state index contributed by atoms with van der Waals surface area (Å²) in [5, 5.41) is 10.9. The highest BCUT2D eigenvalue weighted by atomic mass is 35.5. The molecule has 0 radical (unpaired) electrons. The van der Waals surface area contributed by atoms with Gasteiger partial charge in [0, 0.05) is 6.54 Å². The fourth-order valence-electron chi connectivity index (χ4n) is 2.66. The molecule has 0 bridgehead atoms. The van der Waals surface area contributed by atoms with E-state index in [2.05, 4.69) is 4.90 Å². The third-order valence-electron chi connectivity index (χ3n) is 4.08. The van der Waals surface area contributed by atoms with Gasteiger partial charge in [-0.25, -0.2) is 0 Å². The van der Waals surface area contributed by atoms with Crippen LogP contribution in [0.3, 0.4) is 0 Å². The van der Waals surface area contributed by atoms with Gasteiger partial charge in [0.2, 0.25) is 0 Å². The molecule has 1 saturated heterocycles. The lowest BCUT2D eigenvalue weighted by molar-refractivity contribution is 0.149. The van der Waals surface area contributed by atoms with Crippen molar-refractivity contribution in [2.75, 3.05) is 19.6 Å². The standard InChI is InChI=1S/C16H22ClNO2/c17-14-11-12(3-6-16(14)20-13-4-5-13)15(19)7-10-18-8-1-2-9-18/h3,6,11,13,15,19H,1-2,4-5,7-10H2/t15-/m0/s1. The lowest BCUT2D eigenvalue weighted by atomic mass is 10.1. The molecule has 1 aromatic rings. The number of rotatable bonds is 6. The molecule has 1 heterocycles. The van der Waals surface area contributed by atoms with Crippen molar-refractivity contribution in [1.29, 1.82) is 0 Å². The number of halogens is 1. The van der Waals surface area contributed by atoms with Crippen LogP contribution in [0.4, 0.5) is 0 Å². The summed E-state index contributed by atoms with van der Waals surface area (Å²) in [7, 11) is 0. The summed E-state index contributed by atoms with van der Waals surface area (Å²) in [5.41, 5.74) is 0.886. The van der Waals surface area contributed by atoms with Crippen LogP contribution in [0.2, 0.25) is 5.02 Å². The molecule has 110 valence electrons. The zero-order valence-electron chi connectivity index (χ0n) is 11.7. The largest absolute Gasteiger partial charge is 0.489 e. The van der Waals surface area contributed by atoms with Gasteiger partial charge in [-0.15, -0.1) is 0 Å². The third-order valence-corrected chi connectivity index (χ3v) is 4.37. The van der Waals surface area contributed by atoms with Crippen molar-refractivity contribution < 1.29 is 9.84 Å². The van der Waals surface area contributed by atoms with E-state index in [-0.39, 0.29) is 0 Å². The predicted molar refractivity (Wildman–Crippen MR) is 80.4 cm³/mol. The Kier molecular flexibility index (Phi) is 4.49. The first-order valence-electron chi connectivity index (χ1n) is 7.59. The number of hydrogen-bond donors (Lipinski definition) is 1. The van der Waals surface area contributed by atoms with E-state index in [0.29, 0.717) is 11.1 Å². The lowest BCUT2D eigenvalue weighted by Gasteiger charge is -2.18. The average molecular weight is 296 g/mol. The van der Waals surface area contributed by atoms with E-state index in [1.165, 1.54) is 25.9 Å². The molecular formula is C16H22ClNO2. The summed E-state index contributed by atoms with van der Waals surface area (Å²) < 4.78 is 5.71. The molecule has 1 aromatic carbocycles. The maximum Gasteiger partial charge on any atom is 0.138 e. The Hall–Kier alpha value is -0.770. The Morgan fingerprint density at radius 1 is 1.30 bits per heavy atom. The van der Waals surface area contributed by atoms with Gasteiger partial charge in [-0.3, -0.25) is 0 Å². The Balaban J connectivity index is 1.56. The maximum absolute atomic E-state index is 10.3. The molecule has 0 spiro atoms. The van der Waals surface area contributed by atoms with E-state index < -0.39 is 6.10 Å². The highest BCUT2D eigenvalue weighted by Crippen LogP contribution is 2.34. The number of benzene rings is 1. The number of likely N-dealkylation sites (tertiary alicyclic amines) is 1. The van der Waals surface area contributed by atoms with Crippen LogP contribution in [0.5, 0.6) is 5.75 Å². The number of hydrogen-bond acceptors (Lipinski definition) is 3. The molecule has 0 aromatic heterocycles. The minimum absolute atomic E-state index is 0.346. The van der Waals surface area contributed by atoms with Crippen LogP contribution < -0.4 is 4.74 Å². The van der Waals surface area contributed by atoms with Gasteiger partial charge in [-0.2, -0.15) is 0 Å². The van der Waals surface area contributed by atoms with E-state index in [1.807, 2.05) is 18.2 Å². The summed E-state index contributed by atoms with van der Waals surface area (Å²) in [5.74, 6) is 0.740. The number of ether oxygens (including phenoxy) is 1. The van der Waals surface area contributed by atoms with Gasteiger partial charge in [0.05, 0.1) is 17.2 Å².